The Morgan fingerprint density at radius 2 is 0.435 bits per heavy atom. The van der Waals surface area contributed by atoms with Gasteiger partial charge in [-0.3, -0.25) is 0 Å². The Hall–Kier alpha value is -12.8. The van der Waals surface area contributed by atoms with Crippen LogP contribution in [0.25, 0.3) is 77.2 Å². The molecule has 0 aliphatic heterocycles. The molecule has 0 N–H and O–H groups in total. The van der Waals surface area contributed by atoms with E-state index in [9.17, 15) is 0 Å². The van der Waals surface area contributed by atoms with Gasteiger partial charge < -0.3 is 19.6 Å². The lowest BCUT2D eigenvalue weighted by atomic mass is 9.68. The van der Waals surface area contributed by atoms with Crippen LogP contribution < -0.4 is 19.6 Å². The summed E-state index contributed by atoms with van der Waals surface area (Å²) in [4.78, 5) is 9.73. The maximum absolute atomic E-state index is 2.55. The van der Waals surface area contributed by atoms with Crippen LogP contribution in [0.4, 0.5) is 68.2 Å². The molecule has 4 heteroatoms. The Bertz CT molecular complexity index is 5590. The molecule has 0 radical (unpaired) electrons. The molecule has 0 unspecified atom stereocenters. The largest absolute Gasteiger partial charge is 0.310 e. The zero-order valence-corrected chi connectivity index (χ0v) is 60.7. The van der Waals surface area contributed by atoms with E-state index in [1.54, 1.807) is 0 Å². The zero-order chi connectivity index (χ0) is 71.5. The molecule has 0 bridgehead atoms. The molecule has 16 aromatic rings. The minimum Gasteiger partial charge on any atom is -0.310 e. The molecular weight excluding hydrogens is 1310 g/mol. The fourth-order valence-electron chi connectivity index (χ4n) is 19.1. The number of benzene rings is 16. The average molecular weight is 1390 g/mol. The lowest BCUT2D eigenvalue weighted by Crippen LogP contribution is -2.28. The van der Waals surface area contributed by atoms with Gasteiger partial charge in [-0.1, -0.05) is 281 Å². The highest BCUT2D eigenvalue weighted by Gasteiger charge is 2.45. The summed E-state index contributed by atoms with van der Waals surface area (Å²) in [5.41, 5.74) is 32.2. The van der Waals surface area contributed by atoms with E-state index < -0.39 is 0 Å². The first-order valence-electron chi connectivity index (χ1n) is 38.9. The fourth-order valence-corrected chi connectivity index (χ4v) is 19.1. The Balaban J connectivity index is 0.637. The topological polar surface area (TPSA) is 13.0 Å². The predicted octanol–water partition coefficient (Wildman–Crippen LogP) is 29.3. The maximum Gasteiger partial charge on any atom is 0.0540 e. The van der Waals surface area contributed by atoms with E-state index in [2.05, 4.69) is 396 Å². The standard InChI is InChI=1S/C104H82N4/c1-5-27-81(28-6-1)107(101-37-21-25-79-23-9-11-31-91(79)101)87-59-47-77(48-60-87)75-43-55-85(56-44-75)105(89-63-65-95-93-33-13-15-35-97(93)103(99(95)71-89)67-17-3-18-68-103)83-51-39-73(40-52-83)74-41-53-84(54-42-74)106(90-64-66-96-94-34-14-16-36-98(94)104(100(96)72-90)69-19-4-20-70-104)86-57-45-76(46-58-86)78-49-61-88(62-50-78)108(82-29-7-2-8-30-82)102-38-22-26-80-24-10-12-32-92(80)102/h1-2,5-16,21-66,71-72H,3-4,17-20,67-70H2. The molecule has 0 heterocycles. The Morgan fingerprint density at radius 3 is 0.778 bits per heavy atom. The van der Waals surface area contributed by atoms with Crippen LogP contribution in [-0.4, -0.2) is 0 Å². The normalized spacial score (nSPS) is 14.3. The zero-order valence-electron chi connectivity index (χ0n) is 60.7. The molecular formula is C104H82N4. The minimum absolute atomic E-state index is 0.0179. The molecule has 4 aliphatic rings. The van der Waals surface area contributed by atoms with Crippen molar-refractivity contribution in [1.29, 1.82) is 0 Å². The first kappa shape index (κ1) is 64.8. The van der Waals surface area contributed by atoms with Gasteiger partial charge in [0.2, 0.25) is 0 Å². The molecule has 16 aromatic carbocycles. The average Bonchev–Trinajstić information content (AvgIpc) is 1.56. The van der Waals surface area contributed by atoms with E-state index in [4.69, 9.17) is 0 Å². The maximum atomic E-state index is 2.55. The van der Waals surface area contributed by atoms with E-state index in [1.165, 1.54) is 175 Å². The Labute approximate surface area is 634 Å². The Morgan fingerprint density at radius 1 is 0.176 bits per heavy atom. The van der Waals surface area contributed by atoms with Crippen molar-refractivity contribution >= 4 is 89.8 Å². The number of hydrogen-bond acceptors (Lipinski definition) is 4. The molecule has 2 fully saturated rings. The number of rotatable bonds is 15. The van der Waals surface area contributed by atoms with Gasteiger partial charge in [0.05, 0.1) is 11.4 Å². The van der Waals surface area contributed by atoms with Crippen LogP contribution >= 0.6 is 0 Å². The number of fused-ring (bicyclic) bond motifs is 12. The highest BCUT2D eigenvalue weighted by Crippen LogP contribution is 2.59. The number of anilines is 12. The highest BCUT2D eigenvalue weighted by molar-refractivity contribution is 6.01. The van der Waals surface area contributed by atoms with Crippen molar-refractivity contribution in [2.45, 2.75) is 75.0 Å². The van der Waals surface area contributed by atoms with E-state index >= 15 is 0 Å². The van der Waals surface area contributed by atoms with Crippen LogP contribution in [0.1, 0.15) is 86.5 Å². The van der Waals surface area contributed by atoms with Crippen molar-refractivity contribution in [2.75, 3.05) is 19.6 Å². The summed E-state index contributed by atoms with van der Waals surface area (Å²) >= 11 is 0. The van der Waals surface area contributed by atoms with Crippen LogP contribution in [0, 0.1) is 0 Å². The van der Waals surface area contributed by atoms with Gasteiger partial charge in [0.15, 0.2) is 0 Å². The van der Waals surface area contributed by atoms with Crippen LogP contribution in [0.2, 0.25) is 0 Å². The van der Waals surface area contributed by atoms with Gasteiger partial charge in [-0.05, 0) is 248 Å². The molecule has 2 spiro atoms. The van der Waals surface area contributed by atoms with E-state index in [-0.39, 0.29) is 10.8 Å². The monoisotopic (exact) mass is 1390 g/mol. The SMILES string of the molecule is c1ccc(N(c2ccc(-c3ccc(N(c4ccc(-c5ccc(N(c6ccc(-c7ccc(N(c8ccccc8)c8cccc9ccccc89)cc7)cc6)c6ccc7c(c6)C6(CCCCC6)c6ccccc6-7)cc5)cc4)c4ccc5c(c4)C4(CCCCC4)c4ccccc4-5)cc3)cc2)c2cccc3ccccc23)cc1. The molecule has 2 saturated carbocycles. The summed E-state index contributed by atoms with van der Waals surface area (Å²) in [5.74, 6) is 0. The molecule has 0 atom stereocenters. The van der Waals surface area contributed by atoms with Gasteiger partial charge in [0.25, 0.3) is 0 Å². The van der Waals surface area contributed by atoms with Crippen molar-refractivity contribution in [1.82, 2.24) is 0 Å². The molecule has 0 saturated heterocycles. The van der Waals surface area contributed by atoms with Gasteiger partial charge in [0.1, 0.15) is 0 Å². The molecule has 0 amide bonds. The minimum atomic E-state index is 0.0179. The van der Waals surface area contributed by atoms with Crippen LogP contribution in [-0.2, 0) is 10.8 Å². The summed E-state index contributed by atoms with van der Waals surface area (Å²) in [6.07, 6.45) is 12.3. The third-order valence-corrected chi connectivity index (χ3v) is 24.2. The van der Waals surface area contributed by atoms with E-state index in [0.717, 1.165) is 56.9 Å². The smallest absolute Gasteiger partial charge is 0.0540 e. The quantitative estimate of drug-likeness (QED) is 0.101. The van der Waals surface area contributed by atoms with Gasteiger partial charge in [-0.15, -0.1) is 0 Å². The van der Waals surface area contributed by atoms with Crippen LogP contribution in [0.3, 0.4) is 0 Å². The molecule has 4 nitrogen and oxygen atoms in total. The fraction of sp³-hybridized carbons (Fsp3) is 0.115. The van der Waals surface area contributed by atoms with Crippen molar-refractivity contribution in [3.63, 3.8) is 0 Å². The Kier molecular flexibility index (Phi) is 16.4. The van der Waals surface area contributed by atoms with Crippen molar-refractivity contribution in [3.8, 4) is 55.6 Å². The molecule has 108 heavy (non-hydrogen) atoms. The third kappa shape index (κ3) is 11.3. The summed E-state index contributed by atoms with van der Waals surface area (Å²) in [5, 5.41) is 4.87. The van der Waals surface area contributed by atoms with Gasteiger partial charge >= 0.3 is 0 Å². The number of hydrogen-bond donors (Lipinski definition) is 0. The van der Waals surface area contributed by atoms with Gasteiger partial charge in [-0.2, -0.15) is 0 Å². The summed E-state index contributed by atoms with van der Waals surface area (Å²) in [6.45, 7) is 0. The first-order chi connectivity index (χ1) is 53.5. The van der Waals surface area contributed by atoms with Crippen molar-refractivity contribution in [2.24, 2.45) is 0 Å². The lowest BCUT2D eigenvalue weighted by molar-refractivity contribution is 0.353. The molecule has 518 valence electrons. The van der Waals surface area contributed by atoms with Crippen molar-refractivity contribution < 1.29 is 0 Å². The molecule has 20 rings (SSSR count). The summed E-state index contributed by atoms with van der Waals surface area (Å²) in [7, 11) is 0. The second-order valence-corrected chi connectivity index (χ2v) is 30.1. The van der Waals surface area contributed by atoms with Gasteiger partial charge in [0, 0.05) is 78.5 Å². The van der Waals surface area contributed by atoms with Crippen molar-refractivity contribution in [3.05, 3.63) is 398 Å². The van der Waals surface area contributed by atoms with E-state index in [0.29, 0.717) is 0 Å². The summed E-state index contributed by atoms with van der Waals surface area (Å²) < 4.78 is 0. The predicted molar refractivity (Wildman–Crippen MR) is 455 cm³/mol. The number of para-hydroxylation sites is 2. The second kappa shape index (κ2) is 27.3. The molecule has 4 aliphatic carbocycles. The highest BCUT2D eigenvalue weighted by atomic mass is 15.2. The third-order valence-electron chi connectivity index (χ3n) is 24.2. The number of nitrogens with zero attached hydrogens (tertiary/aromatic N) is 4. The first-order valence-corrected chi connectivity index (χ1v) is 38.9. The van der Waals surface area contributed by atoms with E-state index in [1.807, 2.05) is 0 Å². The van der Waals surface area contributed by atoms with Crippen LogP contribution in [0.5, 0.6) is 0 Å². The molecule has 0 aromatic heterocycles. The summed E-state index contributed by atoms with van der Waals surface area (Å²) in [6, 6.07) is 140. The van der Waals surface area contributed by atoms with Gasteiger partial charge in [-0.25, -0.2) is 0 Å². The lowest BCUT2D eigenvalue weighted by Gasteiger charge is -2.36. The van der Waals surface area contributed by atoms with Crippen LogP contribution in [0.15, 0.2) is 376 Å². The second-order valence-electron chi connectivity index (χ2n) is 30.1.